The Labute approximate surface area is 165 Å². The maximum Gasteiger partial charge on any atom is 0.303 e. The van der Waals surface area contributed by atoms with Crippen LogP contribution >= 0.6 is 0 Å². The van der Waals surface area contributed by atoms with Gasteiger partial charge in [0.25, 0.3) is 0 Å². The summed E-state index contributed by atoms with van der Waals surface area (Å²) >= 11 is 0. The van der Waals surface area contributed by atoms with Gasteiger partial charge in [-0.05, 0) is 55.6 Å². The van der Waals surface area contributed by atoms with Crippen LogP contribution in [0.5, 0.6) is 0 Å². The van der Waals surface area contributed by atoms with Crippen LogP contribution in [0.15, 0.2) is 36.0 Å². The molecule has 0 aromatic rings. The first-order valence-electron chi connectivity index (χ1n) is 10.1. The summed E-state index contributed by atoms with van der Waals surface area (Å²) in [6.45, 7) is 5.04. The highest BCUT2D eigenvalue weighted by Crippen LogP contribution is 2.64. The predicted octanol–water partition coefficient (Wildman–Crippen LogP) is 2.93. The molecule has 4 aliphatic rings. The van der Waals surface area contributed by atoms with Crippen molar-refractivity contribution in [1.82, 2.24) is 0 Å². The van der Waals surface area contributed by atoms with Gasteiger partial charge in [-0.3, -0.25) is 14.4 Å². The van der Waals surface area contributed by atoms with E-state index < -0.39 is 22.8 Å². The second-order valence-electron chi connectivity index (χ2n) is 9.27. The Hall–Kier alpha value is -2.01. The van der Waals surface area contributed by atoms with Crippen molar-refractivity contribution in [2.75, 3.05) is 6.61 Å². The minimum Gasteiger partial charge on any atom is -0.458 e. The van der Waals surface area contributed by atoms with Crippen LogP contribution in [0, 0.1) is 28.6 Å². The number of ether oxygens (including phenoxy) is 1. The van der Waals surface area contributed by atoms with Crippen molar-refractivity contribution in [3.63, 3.8) is 0 Å². The zero-order chi connectivity index (χ0) is 20.3. The average molecular weight is 384 g/mol. The number of hydrogen-bond donors (Lipinski definition) is 1. The van der Waals surface area contributed by atoms with E-state index in [2.05, 4.69) is 13.0 Å². The van der Waals surface area contributed by atoms with Crippen molar-refractivity contribution in [1.29, 1.82) is 0 Å². The molecule has 5 heteroatoms. The van der Waals surface area contributed by atoms with Gasteiger partial charge in [-0.1, -0.05) is 37.6 Å². The molecule has 2 fully saturated rings. The lowest BCUT2D eigenvalue weighted by molar-refractivity contribution is -0.159. The van der Waals surface area contributed by atoms with Crippen LogP contribution in [0.4, 0.5) is 0 Å². The van der Waals surface area contributed by atoms with E-state index >= 15 is 0 Å². The third-order valence-corrected chi connectivity index (χ3v) is 8.02. The summed E-state index contributed by atoms with van der Waals surface area (Å²) in [5.41, 5.74) is -1.17. The first kappa shape index (κ1) is 19.3. The molecule has 0 aliphatic heterocycles. The fourth-order valence-electron chi connectivity index (χ4n) is 6.34. The van der Waals surface area contributed by atoms with Gasteiger partial charge < -0.3 is 9.84 Å². The molecule has 150 valence electrons. The molecule has 0 bridgehead atoms. The number of hydrogen-bond acceptors (Lipinski definition) is 5. The molecule has 0 saturated heterocycles. The van der Waals surface area contributed by atoms with E-state index in [4.69, 9.17) is 4.74 Å². The maximum absolute atomic E-state index is 12.8. The topological polar surface area (TPSA) is 80.7 Å². The molecule has 5 nitrogen and oxygen atoms in total. The number of Topliss-reactive ketones (excluding diaryl/α,β-unsaturated/α-hetero) is 1. The zero-order valence-electron chi connectivity index (χ0n) is 16.7. The third-order valence-electron chi connectivity index (χ3n) is 8.02. The van der Waals surface area contributed by atoms with E-state index in [-0.39, 0.29) is 29.6 Å². The van der Waals surface area contributed by atoms with Gasteiger partial charge in [0, 0.05) is 17.8 Å². The number of carbonyl (C=O) groups excluding carboxylic acids is 3. The van der Waals surface area contributed by atoms with Crippen LogP contribution in [0.2, 0.25) is 0 Å². The molecule has 0 aromatic carbocycles. The summed E-state index contributed by atoms with van der Waals surface area (Å²) < 4.78 is 4.89. The van der Waals surface area contributed by atoms with Crippen LogP contribution in [0.1, 0.15) is 46.5 Å². The van der Waals surface area contributed by atoms with Gasteiger partial charge in [0.05, 0.1) is 0 Å². The molecular formula is C23H28O5. The Morgan fingerprint density at radius 3 is 2.71 bits per heavy atom. The van der Waals surface area contributed by atoms with Crippen molar-refractivity contribution >= 4 is 17.5 Å². The molecule has 0 heterocycles. The Bertz CT molecular complexity index is 836. The summed E-state index contributed by atoms with van der Waals surface area (Å²) in [4.78, 5) is 35.7. The van der Waals surface area contributed by atoms with E-state index in [1.165, 1.54) is 12.5 Å². The molecule has 28 heavy (non-hydrogen) atoms. The van der Waals surface area contributed by atoms with E-state index in [0.29, 0.717) is 12.3 Å². The van der Waals surface area contributed by atoms with E-state index in [0.717, 1.165) is 19.3 Å². The number of allylic oxidation sites excluding steroid dienone is 5. The molecule has 0 amide bonds. The summed E-state index contributed by atoms with van der Waals surface area (Å²) in [6.07, 6.45) is 12.6. The van der Waals surface area contributed by atoms with Gasteiger partial charge >= 0.3 is 5.97 Å². The molecule has 6 atom stereocenters. The van der Waals surface area contributed by atoms with Crippen molar-refractivity contribution in [3.05, 3.63) is 36.0 Å². The number of esters is 1. The predicted molar refractivity (Wildman–Crippen MR) is 103 cm³/mol. The summed E-state index contributed by atoms with van der Waals surface area (Å²) in [5.74, 6) is -0.109. The lowest BCUT2D eigenvalue weighted by Crippen LogP contribution is -2.56. The van der Waals surface area contributed by atoms with Crippen molar-refractivity contribution in [2.24, 2.45) is 28.6 Å². The van der Waals surface area contributed by atoms with Gasteiger partial charge in [0.1, 0.15) is 5.60 Å². The highest BCUT2D eigenvalue weighted by Gasteiger charge is 2.64. The monoisotopic (exact) mass is 384 g/mol. The lowest BCUT2D eigenvalue weighted by Gasteiger charge is -2.54. The van der Waals surface area contributed by atoms with Crippen molar-refractivity contribution < 1.29 is 24.2 Å². The Kier molecular flexibility index (Phi) is 4.31. The maximum atomic E-state index is 12.8. The highest BCUT2D eigenvalue weighted by atomic mass is 16.5. The van der Waals surface area contributed by atoms with Gasteiger partial charge in [-0.15, -0.1) is 0 Å². The van der Waals surface area contributed by atoms with Gasteiger partial charge in [0.2, 0.25) is 5.78 Å². The van der Waals surface area contributed by atoms with Gasteiger partial charge in [-0.25, -0.2) is 0 Å². The second-order valence-corrected chi connectivity index (χ2v) is 9.27. The Morgan fingerprint density at radius 1 is 1.25 bits per heavy atom. The lowest BCUT2D eigenvalue weighted by atomic mass is 9.50. The molecule has 0 spiro atoms. The molecule has 0 unspecified atom stereocenters. The van der Waals surface area contributed by atoms with E-state index in [1.54, 1.807) is 12.2 Å². The summed E-state index contributed by atoms with van der Waals surface area (Å²) in [6, 6.07) is 0. The average Bonchev–Trinajstić information content (AvgIpc) is 2.92. The van der Waals surface area contributed by atoms with E-state index in [1.807, 2.05) is 19.1 Å². The zero-order valence-corrected chi connectivity index (χ0v) is 16.7. The standard InChI is InChI=1S/C23H28O5/c1-14(24)28-13-20(26)23(27)11-8-19-17-5-4-15-12-16(25)6-9-21(15,2)18(17)7-10-22(19,23)3/h6-7,9-10,12,17-19,27H,4-5,8,11,13H2,1-3H3/t17-,18+,19+,21+,22-,23+/m0/s1. The number of rotatable bonds is 3. The molecule has 2 saturated carbocycles. The normalized spacial score (nSPS) is 43.6. The third kappa shape index (κ3) is 2.52. The number of aliphatic hydroxyl groups is 1. The quantitative estimate of drug-likeness (QED) is 0.598. The number of carbonyl (C=O) groups is 3. The Morgan fingerprint density at radius 2 is 2.00 bits per heavy atom. The molecule has 4 aliphatic carbocycles. The van der Waals surface area contributed by atoms with Crippen LogP contribution in [0.25, 0.3) is 0 Å². The SMILES string of the molecule is CC(=O)OCC(=O)[C@]1(O)CC[C@@H]2[C@H]3CCC4=CC(=O)C=C[C@@]4(C)[C@@H]3C=C[C@@]21C. The fraction of sp³-hybridized carbons (Fsp3) is 0.609. The first-order valence-corrected chi connectivity index (χ1v) is 10.1. The molecule has 1 N–H and O–H groups in total. The molecule has 0 radical (unpaired) electrons. The highest BCUT2D eigenvalue weighted by molar-refractivity contribution is 6.01. The minimum atomic E-state index is -1.51. The van der Waals surface area contributed by atoms with Crippen LogP contribution < -0.4 is 0 Å². The largest absolute Gasteiger partial charge is 0.458 e. The summed E-state index contributed by atoms with van der Waals surface area (Å²) in [7, 11) is 0. The molecule has 4 rings (SSSR count). The van der Waals surface area contributed by atoms with Crippen LogP contribution in [0.3, 0.4) is 0 Å². The van der Waals surface area contributed by atoms with Crippen molar-refractivity contribution in [3.8, 4) is 0 Å². The molecular weight excluding hydrogens is 356 g/mol. The van der Waals surface area contributed by atoms with Crippen molar-refractivity contribution in [2.45, 2.75) is 52.1 Å². The fourth-order valence-corrected chi connectivity index (χ4v) is 6.34. The second kappa shape index (κ2) is 6.24. The van der Waals surface area contributed by atoms with Crippen LogP contribution in [-0.2, 0) is 19.1 Å². The van der Waals surface area contributed by atoms with Gasteiger partial charge in [-0.2, -0.15) is 0 Å². The smallest absolute Gasteiger partial charge is 0.303 e. The Balaban J connectivity index is 1.67. The first-order chi connectivity index (χ1) is 13.1. The van der Waals surface area contributed by atoms with E-state index in [9.17, 15) is 19.5 Å². The molecule has 0 aromatic heterocycles. The summed E-state index contributed by atoms with van der Waals surface area (Å²) in [5, 5.41) is 11.4. The number of ketones is 2. The van der Waals surface area contributed by atoms with Crippen LogP contribution in [-0.4, -0.2) is 34.9 Å². The minimum absolute atomic E-state index is 0.0573. The number of fused-ring (bicyclic) bond motifs is 5. The van der Waals surface area contributed by atoms with Gasteiger partial charge in [0.15, 0.2) is 12.4 Å².